The number of hydrogen-bond donors (Lipinski definition) is 2. The molecular weight excluding hydrogens is 274 g/mol. The number of morpholine rings is 1. The molecule has 0 aromatic rings. The van der Waals surface area contributed by atoms with Crippen LogP contribution in [0.1, 0.15) is 13.8 Å². The maximum atomic E-state index is 12.2. The second kappa shape index (κ2) is 7.09. The normalized spacial score (nSPS) is 28.4. The molecule has 0 radical (unpaired) electrons. The Hall–Kier alpha value is -1.34. The van der Waals surface area contributed by atoms with Crippen LogP contribution in [0.15, 0.2) is 0 Å². The lowest BCUT2D eigenvalue weighted by Gasteiger charge is -2.30. The highest BCUT2D eigenvalue weighted by Gasteiger charge is 2.37. The van der Waals surface area contributed by atoms with Crippen LogP contribution >= 0.6 is 0 Å². The molecule has 0 bridgehead atoms. The number of carboxylic acids is 1. The number of amides is 2. The minimum absolute atomic E-state index is 0.00259. The van der Waals surface area contributed by atoms with Gasteiger partial charge in [0.1, 0.15) is 0 Å². The van der Waals surface area contributed by atoms with Gasteiger partial charge in [-0.15, -0.1) is 0 Å². The summed E-state index contributed by atoms with van der Waals surface area (Å²) in [6, 6.07) is -0.124. The van der Waals surface area contributed by atoms with E-state index in [1.54, 1.807) is 4.90 Å². The van der Waals surface area contributed by atoms with E-state index in [1.807, 2.05) is 13.8 Å². The lowest BCUT2D eigenvalue weighted by atomic mass is 9.99. The molecule has 2 aliphatic heterocycles. The van der Waals surface area contributed by atoms with Crippen molar-refractivity contribution in [2.24, 2.45) is 11.8 Å². The molecule has 7 nitrogen and oxygen atoms in total. The number of carboxylic acid groups (broad SMARTS) is 1. The van der Waals surface area contributed by atoms with Crippen LogP contribution in [0.5, 0.6) is 0 Å². The van der Waals surface area contributed by atoms with E-state index in [0.717, 1.165) is 32.8 Å². The number of nitrogens with zero attached hydrogens (tertiary/aromatic N) is 2. The van der Waals surface area contributed by atoms with E-state index in [0.29, 0.717) is 13.1 Å². The van der Waals surface area contributed by atoms with E-state index in [1.165, 1.54) is 0 Å². The summed E-state index contributed by atoms with van der Waals surface area (Å²) in [7, 11) is 0. The number of likely N-dealkylation sites (tertiary alicyclic amines) is 1. The zero-order valence-electron chi connectivity index (χ0n) is 12.7. The molecular formula is C14H25N3O4. The van der Waals surface area contributed by atoms with Gasteiger partial charge in [0.05, 0.1) is 19.1 Å². The number of aliphatic carboxylic acids is 1. The van der Waals surface area contributed by atoms with Crippen LogP contribution < -0.4 is 5.32 Å². The minimum Gasteiger partial charge on any atom is -0.481 e. The first kappa shape index (κ1) is 16.0. The van der Waals surface area contributed by atoms with Gasteiger partial charge in [0.2, 0.25) is 0 Å². The summed E-state index contributed by atoms with van der Waals surface area (Å²) in [5, 5.41) is 12.1. The van der Waals surface area contributed by atoms with E-state index in [-0.39, 0.29) is 18.0 Å². The van der Waals surface area contributed by atoms with Gasteiger partial charge in [-0.2, -0.15) is 0 Å². The van der Waals surface area contributed by atoms with Gasteiger partial charge in [-0.25, -0.2) is 4.79 Å². The third-order valence-corrected chi connectivity index (χ3v) is 4.22. The van der Waals surface area contributed by atoms with Crippen molar-refractivity contribution in [3.63, 3.8) is 0 Å². The molecule has 2 N–H and O–H groups in total. The molecule has 2 aliphatic rings. The number of rotatable bonds is 4. The molecule has 0 aromatic carbocycles. The number of urea groups is 1. The highest BCUT2D eigenvalue weighted by atomic mass is 16.5. The zero-order valence-corrected chi connectivity index (χ0v) is 12.7. The molecule has 0 aromatic heterocycles. The van der Waals surface area contributed by atoms with Crippen LogP contribution in [0.3, 0.4) is 0 Å². The Kier molecular flexibility index (Phi) is 5.41. The predicted molar refractivity (Wildman–Crippen MR) is 77.1 cm³/mol. The summed E-state index contributed by atoms with van der Waals surface area (Å²) in [6.07, 6.45) is 0. The number of nitrogens with one attached hydrogen (secondary N) is 1. The van der Waals surface area contributed by atoms with E-state index in [2.05, 4.69) is 10.2 Å². The summed E-state index contributed by atoms with van der Waals surface area (Å²) < 4.78 is 5.30. The summed E-state index contributed by atoms with van der Waals surface area (Å²) >= 11 is 0. The second-order valence-electron chi connectivity index (χ2n) is 6.09. The average molecular weight is 299 g/mol. The Morgan fingerprint density at radius 1 is 1.33 bits per heavy atom. The van der Waals surface area contributed by atoms with Gasteiger partial charge in [0.25, 0.3) is 0 Å². The molecule has 2 heterocycles. The third-order valence-electron chi connectivity index (χ3n) is 4.22. The maximum absolute atomic E-state index is 12.2. The smallest absolute Gasteiger partial charge is 0.317 e. The highest BCUT2D eigenvalue weighted by molar-refractivity contribution is 5.77. The molecule has 0 spiro atoms. The van der Waals surface area contributed by atoms with Crippen molar-refractivity contribution in [2.45, 2.75) is 19.9 Å². The van der Waals surface area contributed by atoms with Gasteiger partial charge in [0.15, 0.2) is 0 Å². The van der Waals surface area contributed by atoms with Gasteiger partial charge in [0, 0.05) is 38.8 Å². The maximum Gasteiger partial charge on any atom is 0.317 e. The van der Waals surface area contributed by atoms with Crippen molar-refractivity contribution < 1.29 is 19.4 Å². The molecule has 2 rings (SSSR count). The van der Waals surface area contributed by atoms with Crippen LogP contribution in [-0.4, -0.2) is 78.9 Å². The van der Waals surface area contributed by atoms with E-state index in [9.17, 15) is 9.59 Å². The summed E-state index contributed by atoms with van der Waals surface area (Å²) in [5.41, 5.74) is 0. The van der Waals surface area contributed by atoms with Gasteiger partial charge in [-0.1, -0.05) is 6.92 Å². The van der Waals surface area contributed by atoms with Gasteiger partial charge < -0.3 is 20.1 Å². The molecule has 0 saturated carbocycles. The average Bonchev–Trinajstić information content (AvgIpc) is 2.82. The van der Waals surface area contributed by atoms with E-state index < -0.39 is 11.9 Å². The fourth-order valence-corrected chi connectivity index (χ4v) is 2.97. The SMILES string of the molecule is CC(CN1CCOCC1)NC(=O)N1CC(C)C(C(=O)O)C1. The fraction of sp³-hybridized carbons (Fsp3) is 0.857. The first-order chi connectivity index (χ1) is 9.97. The monoisotopic (exact) mass is 299 g/mol. The molecule has 7 heteroatoms. The molecule has 3 unspecified atom stereocenters. The van der Waals surface area contributed by atoms with Crippen LogP contribution in [0, 0.1) is 11.8 Å². The minimum atomic E-state index is -0.820. The summed E-state index contributed by atoms with van der Waals surface area (Å²) in [6.45, 7) is 8.71. The Labute approximate surface area is 125 Å². The topological polar surface area (TPSA) is 82.1 Å². The molecule has 3 atom stereocenters. The fourth-order valence-electron chi connectivity index (χ4n) is 2.97. The van der Waals surface area contributed by atoms with Crippen molar-refractivity contribution in [1.82, 2.24) is 15.1 Å². The number of carbonyl (C=O) groups excluding carboxylic acids is 1. The number of carbonyl (C=O) groups is 2. The van der Waals surface area contributed by atoms with Crippen molar-refractivity contribution in [1.29, 1.82) is 0 Å². The quantitative estimate of drug-likeness (QED) is 0.767. The molecule has 2 amide bonds. The van der Waals surface area contributed by atoms with Crippen molar-refractivity contribution in [2.75, 3.05) is 45.9 Å². The molecule has 120 valence electrons. The Bertz CT molecular complexity index is 384. The van der Waals surface area contributed by atoms with Crippen molar-refractivity contribution in [3.8, 4) is 0 Å². The van der Waals surface area contributed by atoms with Gasteiger partial charge >= 0.3 is 12.0 Å². The van der Waals surface area contributed by atoms with E-state index in [4.69, 9.17) is 9.84 Å². The molecule has 2 fully saturated rings. The first-order valence-electron chi connectivity index (χ1n) is 7.55. The van der Waals surface area contributed by atoms with E-state index >= 15 is 0 Å². The standard InChI is InChI=1S/C14H25N3O4/c1-10-7-17(9-12(10)13(18)19)14(20)15-11(2)8-16-3-5-21-6-4-16/h10-12H,3-9H2,1-2H3,(H,15,20)(H,18,19). The predicted octanol–water partition coefficient (Wildman–Crippen LogP) is 0.0692. The van der Waals surface area contributed by atoms with Crippen LogP contribution in [0.4, 0.5) is 4.79 Å². The zero-order chi connectivity index (χ0) is 15.4. The molecule has 21 heavy (non-hydrogen) atoms. The number of ether oxygens (including phenoxy) is 1. The van der Waals surface area contributed by atoms with Crippen molar-refractivity contribution in [3.05, 3.63) is 0 Å². The lowest BCUT2D eigenvalue weighted by molar-refractivity contribution is -0.142. The Balaban J connectivity index is 1.77. The second-order valence-corrected chi connectivity index (χ2v) is 6.09. The van der Waals surface area contributed by atoms with Gasteiger partial charge in [-0.05, 0) is 12.8 Å². The van der Waals surface area contributed by atoms with Gasteiger partial charge in [-0.3, -0.25) is 9.69 Å². The van der Waals surface area contributed by atoms with Crippen molar-refractivity contribution >= 4 is 12.0 Å². The molecule has 0 aliphatic carbocycles. The Morgan fingerprint density at radius 2 is 2.00 bits per heavy atom. The first-order valence-corrected chi connectivity index (χ1v) is 7.55. The largest absolute Gasteiger partial charge is 0.481 e. The lowest BCUT2D eigenvalue weighted by Crippen LogP contribution is -2.49. The summed E-state index contributed by atoms with van der Waals surface area (Å²) in [4.78, 5) is 27.2. The highest BCUT2D eigenvalue weighted by Crippen LogP contribution is 2.23. The molecule has 2 saturated heterocycles. The van der Waals surface area contributed by atoms with Crippen LogP contribution in [0.25, 0.3) is 0 Å². The summed E-state index contributed by atoms with van der Waals surface area (Å²) in [5.74, 6) is -1.27. The Morgan fingerprint density at radius 3 is 2.57 bits per heavy atom. The van der Waals surface area contributed by atoms with Crippen LogP contribution in [-0.2, 0) is 9.53 Å². The third kappa shape index (κ3) is 4.31. The van der Waals surface area contributed by atoms with Crippen LogP contribution in [0.2, 0.25) is 0 Å². The number of hydrogen-bond acceptors (Lipinski definition) is 4.